The van der Waals surface area contributed by atoms with Gasteiger partial charge in [0, 0.05) is 6.42 Å². The average Bonchev–Trinajstić information content (AvgIpc) is 2.06. The quantitative estimate of drug-likeness (QED) is 0.773. The molecule has 3 nitrogen and oxygen atoms in total. The van der Waals surface area contributed by atoms with Crippen molar-refractivity contribution < 1.29 is 14.9 Å². The van der Waals surface area contributed by atoms with Gasteiger partial charge in [0.05, 0.1) is 12.7 Å². The van der Waals surface area contributed by atoms with Crippen molar-refractivity contribution in [3.63, 3.8) is 0 Å². The van der Waals surface area contributed by atoms with Crippen molar-refractivity contribution in [1.82, 2.24) is 0 Å². The van der Waals surface area contributed by atoms with Gasteiger partial charge in [-0.25, -0.2) is 0 Å². The maximum absolute atomic E-state index is 9.60. The van der Waals surface area contributed by atoms with Gasteiger partial charge >= 0.3 is 0 Å². The molecule has 1 rings (SSSR count). The average molecular weight is 196 g/mol. The van der Waals surface area contributed by atoms with E-state index in [4.69, 9.17) is 4.74 Å². The lowest BCUT2D eigenvalue weighted by Gasteiger charge is -2.17. The Hall–Kier alpha value is -1.22. The first-order valence-electron chi connectivity index (χ1n) is 4.50. The number of phenolic OH excluding ortho intramolecular Hbond substituents is 1. The van der Waals surface area contributed by atoms with Gasteiger partial charge in [-0.2, -0.15) is 0 Å². The number of aliphatic hydroxyl groups is 1. The fraction of sp³-hybridized carbons (Fsp3) is 0.455. The summed E-state index contributed by atoms with van der Waals surface area (Å²) in [5.74, 6) is 0.554. The first-order chi connectivity index (χ1) is 6.42. The van der Waals surface area contributed by atoms with Gasteiger partial charge in [-0.05, 0) is 31.5 Å². The van der Waals surface area contributed by atoms with Crippen LogP contribution in [0.15, 0.2) is 18.2 Å². The maximum Gasteiger partial charge on any atom is 0.160 e. The third-order valence-electron chi connectivity index (χ3n) is 1.88. The number of aromatic hydroxyl groups is 1. The molecule has 78 valence electrons. The van der Waals surface area contributed by atoms with Gasteiger partial charge in [0.25, 0.3) is 0 Å². The van der Waals surface area contributed by atoms with Crippen LogP contribution in [0.4, 0.5) is 0 Å². The van der Waals surface area contributed by atoms with E-state index in [0.717, 1.165) is 5.56 Å². The van der Waals surface area contributed by atoms with Crippen LogP contribution in [0.1, 0.15) is 19.4 Å². The van der Waals surface area contributed by atoms with Gasteiger partial charge in [-0.1, -0.05) is 6.07 Å². The fourth-order valence-electron chi connectivity index (χ4n) is 1.33. The summed E-state index contributed by atoms with van der Waals surface area (Å²) in [4.78, 5) is 0. The highest BCUT2D eigenvalue weighted by Gasteiger charge is 2.14. The van der Waals surface area contributed by atoms with Crippen LogP contribution in [0.25, 0.3) is 0 Å². The smallest absolute Gasteiger partial charge is 0.160 e. The number of methoxy groups -OCH3 is 1. The molecule has 0 heterocycles. The van der Waals surface area contributed by atoms with E-state index in [0.29, 0.717) is 12.2 Å². The minimum Gasteiger partial charge on any atom is -0.504 e. The molecule has 0 aliphatic heterocycles. The van der Waals surface area contributed by atoms with E-state index >= 15 is 0 Å². The van der Waals surface area contributed by atoms with Crippen molar-refractivity contribution in [2.45, 2.75) is 25.9 Å². The summed E-state index contributed by atoms with van der Waals surface area (Å²) in [5.41, 5.74) is 0.189. The van der Waals surface area contributed by atoms with Crippen LogP contribution < -0.4 is 4.74 Å². The summed E-state index contributed by atoms with van der Waals surface area (Å²) in [6.07, 6.45) is 0.531. The summed E-state index contributed by atoms with van der Waals surface area (Å²) in [6.45, 7) is 3.48. The lowest BCUT2D eigenvalue weighted by Crippen LogP contribution is -2.21. The molecule has 0 atom stereocenters. The van der Waals surface area contributed by atoms with E-state index in [-0.39, 0.29) is 5.75 Å². The first kappa shape index (κ1) is 10.9. The van der Waals surface area contributed by atoms with Crippen molar-refractivity contribution in [3.8, 4) is 11.5 Å². The third kappa shape index (κ3) is 2.92. The monoisotopic (exact) mass is 196 g/mol. The summed E-state index contributed by atoms with van der Waals surface area (Å²) in [7, 11) is 1.50. The van der Waals surface area contributed by atoms with Crippen molar-refractivity contribution in [2.75, 3.05) is 7.11 Å². The zero-order valence-corrected chi connectivity index (χ0v) is 8.74. The zero-order chi connectivity index (χ0) is 10.8. The molecule has 3 heteroatoms. The second-order valence-corrected chi connectivity index (χ2v) is 4.00. The van der Waals surface area contributed by atoms with Gasteiger partial charge in [0.1, 0.15) is 0 Å². The van der Waals surface area contributed by atoms with Crippen molar-refractivity contribution >= 4 is 0 Å². The first-order valence-corrected chi connectivity index (χ1v) is 4.50. The van der Waals surface area contributed by atoms with Crippen molar-refractivity contribution in [1.29, 1.82) is 0 Å². The minimum absolute atomic E-state index is 0.118. The molecule has 0 aromatic heterocycles. The molecule has 0 bridgehead atoms. The Morgan fingerprint density at radius 3 is 2.50 bits per heavy atom. The second-order valence-electron chi connectivity index (χ2n) is 4.00. The Morgan fingerprint density at radius 2 is 2.00 bits per heavy atom. The number of phenols is 1. The van der Waals surface area contributed by atoms with E-state index in [1.807, 2.05) is 0 Å². The van der Waals surface area contributed by atoms with E-state index < -0.39 is 5.60 Å². The van der Waals surface area contributed by atoms with Crippen LogP contribution >= 0.6 is 0 Å². The van der Waals surface area contributed by atoms with Crippen molar-refractivity contribution in [2.24, 2.45) is 0 Å². The van der Waals surface area contributed by atoms with Gasteiger partial charge in [-0.15, -0.1) is 0 Å². The molecule has 2 N–H and O–H groups in total. The standard InChI is InChI=1S/C11H16O3/c1-11(2,13)7-8-4-5-9(12)10(6-8)14-3/h4-6,12-13H,7H2,1-3H3. The van der Waals surface area contributed by atoms with Crippen LogP contribution in [-0.2, 0) is 6.42 Å². The van der Waals surface area contributed by atoms with Crippen LogP contribution in [0.2, 0.25) is 0 Å². The van der Waals surface area contributed by atoms with Gasteiger partial charge < -0.3 is 14.9 Å². The lowest BCUT2D eigenvalue weighted by atomic mass is 9.98. The van der Waals surface area contributed by atoms with Gasteiger partial charge in [0.15, 0.2) is 11.5 Å². The van der Waals surface area contributed by atoms with Gasteiger partial charge in [0.2, 0.25) is 0 Å². The molecular formula is C11H16O3. The van der Waals surface area contributed by atoms with Crippen LogP contribution in [-0.4, -0.2) is 22.9 Å². The highest BCUT2D eigenvalue weighted by atomic mass is 16.5. The van der Waals surface area contributed by atoms with E-state index in [2.05, 4.69) is 0 Å². The molecule has 1 aromatic carbocycles. The van der Waals surface area contributed by atoms with Crippen LogP contribution in [0, 0.1) is 0 Å². The minimum atomic E-state index is -0.748. The number of hydrogen-bond donors (Lipinski definition) is 2. The Bertz CT molecular complexity index is 313. The fourth-order valence-corrected chi connectivity index (χ4v) is 1.33. The van der Waals surface area contributed by atoms with Crippen LogP contribution in [0.5, 0.6) is 11.5 Å². The predicted octanol–water partition coefficient (Wildman–Crippen LogP) is 1.71. The molecule has 0 unspecified atom stereocenters. The van der Waals surface area contributed by atoms with E-state index in [9.17, 15) is 10.2 Å². The third-order valence-corrected chi connectivity index (χ3v) is 1.88. The predicted molar refractivity (Wildman–Crippen MR) is 54.7 cm³/mol. The summed E-state index contributed by atoms with van der Waals surface area (Å²) in [6, 6.07) is 5.07. The number of hydrogen-bond acceptors (Lipinski definition) is 3. The topological polar surface area (TPSA) is 49.7 Å². The molecule has 0 fully saturated rings. The Morgan fingerprint density at radius 1 is 1.36 bits per heavy atom. The summed E-state index contributed by atoms with van der Waals surface area (Å²) < 4.78 is 4.97. The molecule has 0 saturated heterocycles. The molecule has 0 spiro atoms. The van der Waals surface area contributed by atoms with Crippen molar-refractivity contribution in [3.05, 3.63) is 23.8 Å². The second kappa shape index (κ2) is 3.88. The molecule has 1 aromatic rings. The number of rotatable bonds is 3. The number of ether oxygens (including phenoxy) is 1. The highest BCUT2D eigenvalue weighted by molar-refractivity contribution is 5.42. The van der Waals surface area contributed by atoms with E-state index in [1.54, 1.807) is 32.0 Å². The number of benzene rings is 1. The maximum atomic E-state index is 9.60. The van der Waals surface area contributed by atoms with Gasteiger partial charge in [-0.3, -0.25) is 0 Å². The van der Waals surface area contributed by atoms with E-state index in [1.165, 1.54) is 7.11 Å². The van der Waals surface area contributed by atoms with Crippen LogP contribution in [0.3, 0.4) is 0 Å². The summed E-state index contributed by atoms with van der Waals surface area (Å²) >= 11 is 0. The summed E-state index contributed by atoms with van der Waals surface area (Å²) in [5, 5.41) is 18.9. The Labute approximate surface area is 84.0 Å². The molecular weight excluding hydrogens is 180 g/mol. The molecule has 0 radical (unpaired) electrons. The normalized spacial score (nSPS) is 11.4. The molecule has 0 amide bonds. The Kier molecular flexibility index (Phi) is 3.01. The largest absolute Gasteiger partial charge is 0.504 e. The molecule has 0 aliphatic carbocycles. The zero-order valence-electron chi connectivity index (χ0n) is 8.74. The lowest BCUT2D eigenvalue weighted by molar-refractivity contribution is 0.0809. The highest BCUT2D eigenvalue weighted by Crippen LogP contribution is 2.27. The molecule has 14 heavy (non-hydrogen) atoms. The Balaban J connectivity index is 2.90. The molecule has 0 saturated carbocycles. The SMILES string of the molecule is COc1cc(CC(C)(C)O)ccc1O. The molecule has 0 aliphatic rings.